The summed E-state index contributed by atoms with van der Waals surface area (Å²) in [5.74, 6) is -0.0800. The van der Waals surface area contributed by atoms with Crippen LogP contribution < -0.4 is 0 Å². The fourth-order valence-corrected chi connectivity index (χ4v) is 1.75. The molecule has 0 amide bonds. The number of ketones is 1. The number of benzene rings is 1. The molecule has 5 heteroatoms. The molecule has 19 heavy (non-hydrogen) atoms. The minimum absolute atomic E-state index is 0.0800. The summed E-state index contributed by atoms with van der Waals surface area (Å²) >= 11 is 0. The fourth-order valence-electron chi connectivity index (χ4n) is 1.75. The molecule has 1 aromatic carbocycles. The average molecular weight is 253 g/mol. The third-order valence-corrected chi connectivity index (χ3v) is 2.71. The van der Waals surface area contributed by atoms with Crippen molar-refractivity contribution in [2.24, 2.45) is 0 Å². The highest BCUT2D eigenvalue weighted by Gasteiger charge is 2.12. The summed E-state index contributed by atoms with van der Waals surface area (Å²) in [5, 5.41) is 8.28. The molecule has 0 saturated heterocycles. The number of carbonyl (C=O) groups excluding carboxylic acids is 1. The molecule has 3 aromatic rings. The summed E-state index contributed by atoms with van der Waals surface area (Å²) in [6, 6.07) is 11.2. The van der Waals surface area contributed by atoms with Crippen LogP contribution in [0.15, 0.2) is 59.5 Å². The first kappa shape index (κ1) is 11.4. The van der Waals surface area contributed by atoms with E-state index in [9.17, 15) is 4.79 Å². The monoisotopic (exact) mass is 253 g/mol. The zero-order chi connectivity index (χ0) is 13.1. The normalized spacial score (nSPS) is 10.5. The Kier molecular flexibility index (Phi) is 2.94. The molecule has 0 atom stereocenters. The molecule has 3 rings (SSSR count). The number of para-hydroxylation sites is 1. The van der Waals surface area contributed by atoms with E-state index in [0.29, 0.717) is 5.69 Å². The van der Waals surface area contributed by atoms with Crippen molar-refractivity contribution in [3.63, 3.8) is 0 Å². The van der Waals surface area contributed by atoms with E-state index in [1.165, 1.54) is 11.0 Å². The molecule has 0 aliphatic rings. The number of Topliss-reactive ketones (excluding diaryl/α,β-unsaturated/α-hetero) is 1. The molecule has 0 N–H and O–H groups in total. The maximum absolute atomic E-state index is 12.0. The Balaban J connectivity index is 1.80. The molecule has 0 radical (unpaired) electrons. The van der Waals surface area contributed by atoms with E-state index in [1.807, 2.05) is 30.3 Å². The molecule has 5 nitrogen and oxygen atoms in total. The first-order valence-corrected chi connectivity index (χ1v) is 5.85. The average Bonchev–Trinajstić information content (AvgIpc) is 3.10. The van der Waals surface area contributed by atoms with E-state index in [4.69, 9.17) is 4.42 Å². The Morgan fingerprint density at radius 3 is 2.79 bits per heavy atom. The van der Waals surface area contributed by atoms with Crippen molar-refractivity contribution >= 4 is 5.78 Å². The lowest BCUT2D eigenvalue weighted by atomic mass is 10.1. The highest BCUT2D eigenvalue weighted by atomic mass is 16.3. The van der Waals surface area contributed by atoms with Crippen LogP contribution in [-0.4, -0.2) is 20.8 Å². The first-order valence-electron chi connectivity index (χ1n) is 5.85. The molecule has 0 fully saturated rings. The van der Waals surface area contributed by atoms with Crippen LogP contribution in [0.5, 0.6) is 0 Å². The van der Waals surface area contributed by atoms with Crippen LogP contribution in [0.3, 0.4) is 0 Å². The van der Waals surface area contributed by atoms with Crippen LogP contribution in [0.1, 0.15) is 16.1 Å². The lowest BCUT2D eigenvalue weighted by Gasteiger charge is -1.97. The number of furan rings is 1. The van der Waals surface area contributed by atoms with Crippen LogP contribution in [0.2, 0.25) is 0 Å². The maximum atomic E-state index is 12.0. The van der Waals surface area contributed by atoms with E-state index in [0.717, 1.165) is 11.3 Å². The molecule has 0 bridgehead atoms. The molecule has 2 aromatic heterocycles. The number of hydrogen-bond acceptors (Lipinski definition) is 4. The lowest BCUT2D eigenvalue weighted by Crippen LogP contribution is -2.05. The van der Waals surface area contributed by atoms with Gasteiger partial charge in [-0.25, -0.2) is 0 Å². The predicted molar refractivity (Wildman–Crippen MR) is 68.1 cm³/mol. The first-order chi connectivity index (χ1) is 9.33. The fraction of sp³-hybridized carbons (Fsp3) is 0.0714. The van der Waals surface area contributed by atoms with Gasteiger partial charge in [0.05, 0.1) is 24.4 Å². The number of aromatic nitrogens is 3. The summed E-state index contributed by atoms with van der Waals surface area (Å²) in [5.41, 5.74) is 2.01. The van der Waals surface area contributed by atoms with Gasteiger partial charge in [0, 0.05) is 6.42 Å². The minimum Gasteiger partial charge on any atom is -0.472 e. The Bertz CT molecular complexity index is 672. The molecule has 94 valence electrons. The van der Waals surface area contributed by atoms with Crippen molar-refractivity contribution in [3.05, 3.63) is 66.4 Å². The van der Waals surface area contributed by atoms with Gasteiger partial charge in [-0.2, -0.15) is 9.90 Å². The largest absolute Gasteiger partial charge is 0.472 e. The zero-order valence-corrected chi connectivity index (χ0v) is 10.1. The van der Waals surface area contributed by atoms with Gasteiger partial charge in [0.25, 0.3) is 0 Å². The quantitative estimate of drug-likeness (QED) is 0.669. The summed E-state index contributed by atoms with van der Waals surface area (Å²) in [6.07, 6.45) is 4.85. The van der Waals surface area contributed by atoms with Crippen molar-refractivity contribution in [2.45, 2.75) is 6.42 Å². The van der Waals surface area contributed by atoms with E-state index < -0.39 is 0 Å². The van der Waals surface area contributed by atoms with Gasteiger partial charge < -0.3 is 4.42 Å². The molecule has 0 spiro atoms. The Labute approximate surface area is 109 Å². The highest BCUT2D eigenvalue weighted by Crippen LogP contribution is 2.08. The third kappa shape index (κ3) is 2.44. The summed E-state index contributed by atoms with van der Waals surface area (Å²) in [7, 11) is 0. The Hall–Kier alpha value is -2.69. The van der Waals surface area contributed by atoms with Crippen molar-refractivity contribution < 1.29 is 9.21 Å². The molecular formula is C14H11N3O2. The van der Waals surface area contributed by atoms with Crippen LogP contribution in [-0.2, 0) is 6.42 Å². The molecular weight excluding hydrogens is 242 g/mol. The van der Waals surface area contributed by atoms with Crippen molar-refractivity contribution in [1.29, 1.82) is 0 Å². The molecule has 0 aliphatic carbocycles. The van der Waals surface area contributed by atoms with E-state index in [2.05, 4.69) is 10.2 Å². The van der Waals surface area contributed by atoms with Crippen molar-refractivity contribution in [3.8, 4) is 5.69 Å². The van der Waals surface area contributed by atoms with Gasteiger partial charge in [-0.3, -0.25) is 4.79 Å². The standard InChI is InChI=1S/C14H11N3O2/c18-14(8-11-6-7-19-10-11)13-9-15-17(16-13)12-4-2-1-3-5-12/h1-7,9-10H,8H2. The van der Waals surface area contributed by atoms with E-state index >= 15 is 0 Å². The van der Waals surface area contributed by atoms with Gasteiger partial charge in [0.15, 0.2) is 5.78 Å². The van der Waals surface area contributed by atoms with Gasteiger partial charge in [-0.1, -0.05) is 18.2 Å². The molecule has 0 unspecified atom stereocenters. The second-order valence-electron chi connectivity index (χ2n) is 4.09. The summed E-state index contributed by atoms with van der Waals surface area (Å²) in [6.45, 7) is 0. The van der Waals surface area contributed by atoms with Gasteiger partial charge in [-0.15, -0.1) is 5.10 Å². The maximum Gasteiger partial charge on any atom is 0.189 e. The molecule has 0 saturated carbocycles. The van der Waals surface area contributed by atoms with Gasteiger partial charge in [0.1, 0.15) is 5.69 Å². The smallest absolute Gasteiger partial charge is 0.189 e. The zero-order valence-electron chi connectivity index (χ0n) is 10.1. The second-order valence-corrected chi connectivity index (χ2v) is 4.09. The van der Waals surface area contributed by atoms with Crippen LogP contribution in [0.25, 0.3) is 5.69 Å². The molecule has 0 aliphatic heterocycles. The number of carbonyl (C=O) groups is 1. The van der Waals surface area contributed by atoms with Crippen molar-refractivity contribution in [1.82, 2.24) is 15.0 Å². The Morgan fingerprint density at radius 2 is 2.05 bits per heavy atom. The van der Waals surface area contributed by atoms with E-state index in [-0.39, 0.29) is 12.2 Å². The Morgan fingerprint density at radius 1 is 1.21 bits per heavy atom. The summed E-state index contributed by atoms with van der Waals surface area (Å²) < 4.78 is 4.93. The number of rotatable bonds is 4. The second kappa shape index (κ2) is 4.89. The van der Waals surface area contributed by atoms with Crippen LogP contribution >= 0.6 is 0 Å². The third-order valence-electron chi connectivity index (χ3n) is 2.71. The summed E-state index contributed by atoms with van der Waals surface area (Å²) in [4.78, 5) is 13.4. The van der Waals surface area contributed by atoms with Crippen LogP contribution in [0, 0.1) is 0 Å². The SMILES string of the molecule is O=C(Cc1ccoc1)c1cnn(-c2ccccc2)n1. The number of hydrogen-bond donors (Lipinski definition) is 0. The molecule has 2 heterocycles. The van der Waals surface area contributed by atoms with Gasteiger partial charge >= 0.3 is 0 Å². The van der Waals surface area contributed by atoms with Crippen molar-refractivity contribution in [2.75, 3.05) is 0 Å². The van der Waals surface area contributed by atoms with Gasteiger partial charge in [-0.05, 0) is 23.8 Å². The number of nitrogens with zero attached hydrogens (tertiary/aromatic N) is 3. The topological polar surface area (TPSA) is 60.9 Å². The minimum atomic E-state index is -0.0800. The van der Waals surface area contributed by atoms with E-state index in [1.54, 1.807) is 18.6 Å². The lowest BCUT2D eigenvalue weighted by molar-refractivity contribution is 0.0987. The highest BCUT2D eigenvalue weighted by molar-refractivity contribution is 5.95. The van der Waals surface area contributed by atoms with Gasteiger partial charge in [0.2, 0.25) is 0 Å². The predicted octanol–water partition coefficient (Wildman–Crippen LogP) is 2.29. The van der Waals surface area contributed by atoms with Crippen LogP contribution in [0.4, 0.5) is 0 Å².